The number of phenolic OH excluding ortho intramolecular Hbond substituents is 4. The summed E-state index contributed by atoms with van der Waals surface area (Å²) >= 11 is 0. The predicted octanol–water partition coefficient (Wildman–Crippen LogP) is 14.3. The fourth-order valence-corrected chi connectivity index (χ4v) is 9.52. The van der Waals surface area contributed by atoms with Gasteiger partial charge < -0.3 is 58.3 Å². The summed E-state index contributed by atoms with van der Waals surface area (Å²) in [4.78, 5) is 54.8. The number of hydrogen-bond acceptors (Lipinski definition) is 16. The first-order valence-electron chi connectivity index (χ1n) is 25.6. The molecule has 8 aromatic carbocycles. The van der Waals surface area contributed by atoms with Crippen LogP contribution in [0.3, 0.4) is 0 Å². The van der Waals surface area contributed by atoms with Crippen molar-refractivity contribution in [1.29, 1.82) is 0 Å². The minimum absolute atomic E-state index is 0.153. The van der Waals surface area contributed by atoms with Gasteiger partial charge in [-0.05, 0) is 46.5 Å². The monoisotopic (exact) mass is 1080 g/mol. The molecule has 0 aliphatic heterocycles. The molecule has 0 saturated carbocycles. The van der Waals surface area contributed by atoms with Gasteiger partial charge in [-0.25, -0.2) is 19.2 Å². The van der Waals surface area contributed by atoms with Crippen molar-refractivity contribution in [2.24, 2.45) is 0 Å². The average molecular weight is 1080 g/mol. The molecule has 0 heterocycles. The summed E-state index contributed by atoms with van der Waals surface area (Å²) in [5.74, 6) is -5.75. The minimum Gasteiger partial charge on any atom is -0.508 e. The maximum atomic E-state index is 13.7. The van der Waals surface area contributed by atoms with Crippen LogP contribution < -0.4 is 18.9 Å². The second kappa shape index (κ2) is 24.6. The van der Waals surface area contributed by atoms with E-state index in [-0.39, 0.29) is 117 Å². The summed E-state index contributed by atoms with van der Waals surface area (Å²) < 4.78 is 46.0. The molecule has 4 atom stereocenters. The van der Waals surface area contributed by atoms with Crippen molar-refractivity contribution in [3.05, 3.63) is 237 Å². The number of carbonyl (C=O) groups is 4. The van der Waals surface area contributed by atoms with E-state index in [0.717, 1.165) is 12.1 Å². The average Bonchev–Trinajstić information content (AvgIpc) is 3.51. The van der Waals surface area contributed by atoms with Gasteiger partial charge in [-0.2, -0.15) is 0 Å². The van der Waals surface area contributed by atoms with Gasteiger partial charge in [0.2, 0.25) is 0 Å². The second-order valence-electron chi connectivity index (χ2n) is 19.2. The van der Waals surface area contributed by atoms with Gasteiger partial charge in [0.15, 0.2) is 0 Å². The first-order chi connectivity index (χ1) is 38.6. The van der Waals surface area contributed by atoms with Gasteiger partial charge >= 0.3 is 24.6 Å². The van der Waals surface area contributed by atoms with Crippen LogP contribution in [0.1, 0.15) is 118 Å². The van der Waals surface area contributed by atoms with Crippen LogP contribution in [0.4, 0.5) is 19.2 Å². The number of fused-ring (bicyclic) bond motifs is 8. The summed E-state index contributed by atoms with van der Waals surface area (Å²) in [6.45, 7) is 6.22. The smallest absolute Gasteiger partial charge is 0.508 e. The number of carbonyl (C=O) groups excluding carboxylic acids is 4. The quantitative estimate of drug-likeness (QED) is 0.0507. The third kappa shape index (κ3) is 12.9. The number of hydrogen-bond donors (Lipinski definition) is 4. The molecule has 16 nitrogen and oxygen atoms in total. The third-order valence-electron chi connectivity index (χ3n) is 13.9. The lowest BCUT2D eigenvalue weighted by atomic mass is 9.80. The van der Waals surface area contributed by atoms with E-state index in [2.05, 4.69) is 0 Å². The number of aromatic hydroxyl groups is 4. The highest BCUT2D eigenvalue weighted by atomic mass is 16.7. The van der Waals surface area contributed by atoms with E-state index >= 15 is 0 Å². The molecule has 0 saturated heterocycles. The van der Waals surface area contributed by atoms with Crippen LogP contribution in [0.2, 0.25) is 0 Å². The summed E-state index contributed by atoms with van der Waals surface area (Å²) in [5, 5.41) is 47.2. The zero-order valence-corrected chi connectivity index (χ0v) is 44.0. The molecule has 0 spiro atoms. The van der Waals surface area contributed by atoms with Crippen molar-refractivity contribution in [3.8, 4) is 46.0 Å². The molecule has 1 aliphatic rings. The van der Waals surface area contributed by atoms with Crippen LogP contribution >= 0.6 is 0 Å². The van der Waals surface area contributed by atoms with Crippen LogP contribution in [-0.4, -0.2) is 45.0 Å². The van der Waals surface area contributed by atoms with E-state index in [9.17, 15) is 39.6 Å². The van der Waals surface area contributed by atoms with Crippen molar-refractivity contribution in [2.75, 3.05) is 0 Å². The predicted molar refractivity (Wildman–Crippen MR) is 292 cm³/mol. The topological polar surface area (TPSA) is 223 Å². The number of phenols is 4. The molecule has 4 N–H and O–H groups in total. The maximum absolute atomic E-state index is 13.7. The van der Waals surface area contributed by atoms with Gasteiger partial charge in [0, 0.05) is 92.4 Å². The highest BCUT2D eigenvalue weighted by Crippen LogP contribution is 2.50. The largest absolute Gasteiger partial charge is 0.514 e. The van der Waals surface area contributed by atoms with E-state index < -0.39 is 48.3 Å². The minimum atomic E-state index is -1.12. The summed E-state index contributed by atoms with van der Waals surface area (Å²) in [7, 11) is 0. The van der Waals surface area contributed by atoms with Crippen molar-refractivity contribution in [1.82, 2.24) is 0 Å². The first kappa shape index (κ1) is 54.8. The Labute approximate surface area is 460 Å². The number of rotatable bonds is 12. The van der Waals surface area contributed by atoms with Crippen molar-refractivity contribution >= 4 is 24.6 Å². The van der Waals surface area contributed by atoms with Gasteiger partial charge in [-0.1, -0.05) is 149 Å². The Morgan fingerprint density at radius 3 is 0.713 bits per heavy atom. The van der Waals surface area contributed by atoms with Crippen molar-refractivity contribution < 1.29 is 77.5 Å². The third-order valence-corrected chi connectivity index (χ3v) is 13.9. The molecular formula is C64H56O16. The van der Waals surface area contributed by atoms with Crippen molar-refractivity contribution in [3.63, 3.8) is 0 Å². The Hall–Kier alpha value is -9.96. The molecule has 408 valence electrons. The molecule has 80 heavy (non-hydrogen) atoms. The van der Waals surface area contributed by atoms with E-state index in [1.165, 1.54) is 12.1 Å². The van der Waals surface area contributed by atoms with Gasteiger partial charge in [0.1, 0.15) is 72.4 Å². The normalized spacial score (nSPS) is 15.3. The second-order valence-corrected chi connectivity index (χ2v) is 19.2. The van der Waals surface area contributed by atoms with Crippen LogP contribution in [-0.2, 0) is 45.4 Å². The van der Waals surface area contributed by atoms with E-state index in [0.29, 0.717) is 22.3 Å². The van der Waals surface area contributed by atoms with Gasteiger partial charge in [0.05, 0.1) is 0 Å². The lowest BCUT2D eigenvalue weighted by molar-refractivity contribution is 0.0889. The lowest BCUT2D eigenvalue weighted by Gasteiger charge is -2.27. The standard InChI is InChI=1S/C64H56O16/c1-37-45-25-46(54(66)29-53(45)65)38(2)51-28-52(60(80-64(72)76-36-44-23-15-8-16-24-44)32-59(51)79-63(71)75-35-43-21-13-7-14-22-43)40(4)48-26-47(55(67)30-56(48)68)39(3)50-27-49(37)57(77-61(69)73-33-41-17-9-5-10-18-41)31-58(50)78-62(70)74-34-42-19-11-6-12-20-42/h5-32,37-40,65-68H,33-36H2,1-4H3/t37-,38-,39+,40+. The summed E-state index contributed by atoms with van der Waals surface area (Å²) in [6.07, 6.45) is -4.48. The summed E-state index contributed by atoms with van der Waals surface area (Å²) in [5.41, 5.74) is 4.54. The molecule has 8 aromatic rings. The fraction of sp³-hybridized carbons (Fsp3) is 0.188. The molecule has 0 radical (unpaired) electrons. The highest BCUT2D eigenvalue weighted by Gasteiger charge is 2.33. The van der Waals surface area contributed by atoms with Crippen LogP contribution in [0.25, 0.3) is 0 Å². The molecule has 0 aromatic heterocycles. The van der Waals surface area contributed by atoms with Crippen molar-refractivity contribution in [2.45, 2.75) is 77.8 Å². The Morgan fingerprint density at radius 1 is 0.300 bits per heavy atom. The molecule has 9 rings (SSSR count). The van der Waals surface area contributed by atoms with Gasteiger partial charge in [-0.15, -0.1) is 0 Å². The molecule has 1 aliphatic carbocycles. The van der Waals surface area contributed by atoms with Crippen LogP contribution in [0.15, 0.2) is 170 Å². The lowest BCUT2D eigenvalue weighted by Crippen LogP contribution is -2.17. The van der Waals surface area contributed by atoms with E-state index in [1.807, 2.05) is 24.3 Å². The van der Waals surface area contributed by atoms with E-state index in [4.69, 9.17) is 37.9 Å². The molecule has 8 bridgehead atoms. The highest BCUT2D eigenvalue weighted by molar-refractivity contribution is 5.72. The molecule has 0 fully saturated rings. The number of ether oxygens (including phenoxy) is 8. The van der Waals surface area contributed by atoms with E-state index in [1.54, 1.807) is 149 Å². The SMILES string of the molecule is C[C@@H]1c2cc(c(O)cc2O)[C@@H](C)c2cc(c(OC(=O)OCc3ccccc3)cc2OC(=O)OCc2ccccc2)[C@@H](C)c2cc(c(O)cc2O)[C@H](C)c2cc1c(OC(=O)OCc1ccccc1)cc2OC(=O)OCc1ccccc1. The maximum Gasteiger partial charge on any atom is 0.514 e. The Morgan fingerprint density at radius 2 is 0.500 bits per heavy atom. The Kier molecular flexibility index (Phi) is 16.8. The van der Waals surface area contributed by atoms with Gasteiger partial charge in [-0.3, -0.25) is 0 Å². The zero-order chi connectivity index (χ0) is 56.5. The first-order valence-corrected chi connectivity index (χ1v) is 25.6. The van der Waals surface area contributed by atoms with Crippen LogP contribution in [0, 0.1) is 0 Å². The molecule has 16 heteroatoms. The number of benzene rings is 8. The van der Waals surface area contributed by atoms with Crippen LogP contribution in [0.5, 0.6) is 46.0 Å². The molecular weight excluding hydrogens is 1020 g/mol. The Balaban J connectivity index is 1.21. The fourth-order valence-electron chi connectivity index (χ4n) is 9.52. The van der Waals surface area contributed by atoms with Gasteiger partial charge in [0.25, 0.3) is 0 Å². The Bertz CT molecular complexity index is 3080. The molecule has 0 amide bonds. The molecule has 0 unspecified atom stereocenters. The zero-order valence-electron chi connectivity index (χ0n) is 44.0. The summed E-state index contributed by atoms with van der Waals surface area (Å²) in [6, 6.07) is 46.8.